The molecule has 1 fully saturated rings. The maximum Gasteiger partial charge on any atom is 0.143 e. The molecule has 1 heterocycles. The Morgan fingerprint density at radius 2 is 1.00 bits per heavy atom. The fraction of sp³-hybridized carbons (Fsp3) is 0.810. The van der Waals surface area contributed by atoms with Gasteiger partial charge in [0.05, 0.1) is 26.2 Å². The lowest BCUT2D eigenvalue weighted by Crippen LogP contribution is -2.54. The Balaban J connectivity index is 3.09. The Morgan fingerprint density at radius 1 is 0.633 bits per heavy atom. The van der Waals surface area contributed by atoms with Gasteiger partial charge in [0.2, 0.25) is 0 Å². The van der Waals surface area contributed by atoms with Gasteiger partial charge in [0, 0.05) is 58.4 Å². The lowest BCUT2D eigenvalue weighted by Gasteiger charge is -2.37. The molecule has 9 nitrogen and oxygen atoms in total. The molecule has 0 aromatic carbocycles. The van der Waals surface area contributed by atoms with Crippen LogP contribution in [0.4, 0.5) is 0 Å². The summed E-state index contributed by atoms with van der Waals surface area (Å²) in [7, 11) is 0. The second kappa shape index (κ2) is 13.7. The lowest BCUT2D eigenvalue weighted by atomic mass is 10.2. The largest absolute Gasteiger partial charge is 0.329 e. The normalized spacial score (nSPS) is 21.6. The van der Waals surface area contributed by atoms with Crippen LogP contribution in [-0.2, 0) is 19.2 Å². The van der Waals surface area contributed by atoms with Crippen LogP contribution in [0.25, 0.3) is 0 Å². The Bertz CT molecular complexity index is 598. The zero-order valence-electron chi connectivity index (χ0n) is 19.1. The molecular formula is C21H39N5O4. The van der Waals surface area contributed by atoms with Crippen molar-refractivity contribution in [1.82, 2.24) is 19.6 Å². The van der Waals surface area contributed by atoms with Crippen molar-refractivity contribution < 1.29 is 19.2 Å². The van der Waals surface area contributed by atoms with E-state index in [4.69, 9.17) is 5.73 Å². The number of nitrogens with two attached hydrogens (primary N) is 1. The molecule has 1 aliphatic rings. The van der Waals surface area contributed by atoms with Crippen molar-refractivity contribution >= 4 is 23.1 Å². The second-order valence-electron chi connectivity index (χ2n) is 8.46. The van der Waals surface area contributed by atoms with Crippen LogP contribution in [0, 0.1) is 0 Å². The molecule has 2 N–H and O–H groups in total. The maximum absolute atomic E-state index is 11.9. The zero-order chi connectivity index (χ0) is 22.7. The first kappa shape index (κ1) is 26.5. The number of carbonyl (C=O) groups excluding carboxylic acids is 4. The third-order valence-electron chi connectivity index (χ3n) is 5.19. The minimum absolute atomic E-state index is 0.0596. The van der Waals surface area contributed by atoms with Crippen molar-refractivity contribution in [3.05, 3.63) is 0 Å². The quantitative estimate of drug-likeness (QED) is 0.492. The van der Waals surface area contributed by atoms with Gasteiger partial charge in [0.15, 0.2) is 0 Å². The monoisotopic (exact) mass is 425 g/mol. The summed E-state index contributed by atoms with van der Waals surface area (Å²) in [4.78, 5) is 55.4. The third-order valence-corrected chi connectivity index (χ3v) is 5.19. The van der Waals surface area contributed by atoms with E-state index >= 15 is 0 Å². The minimum Gasteiger partial charge on any atom is -0.329 e. The molecule has 1 saturated heterocycles. The standard InChI is InChI=1S/C21H39N5O4/c1-17(27)12-23-5-6-24(13-18(2)28)9-10-26(15-20(4)30)21(11-22)16-25(8-7-23)14-19(3)29/h21H,5-16,22H2,1-4H3. The molecule has 1 aliphatic heterocycles. The van der Waals surface area contributed by atoms with Crippen LogP contribution in [0.3, 0.4) is 0 Å². The molecule has 0 aliphatic carbocycles. The molecule has 0 aromatic heterocycles. The molecule has 0 amide bonds. The SMILES string of the molecule is CC(=O)CN1CCN(CC(C)=O)CCN(CC(C)=O)C(CN)CN(CC(C)=O)CC1. The smallest absolute Gasteiger partial charge is 0.143 e. The average molecular weight is 426 g/mol. The Hall–Kier alpha value is -1.52. The first-order chi connectivity index (χ1) is 14.1. The molecule has 0 radical (unpaired) electrons. The molecule has 0 bridgehead atoms. The van der Waals surface area contributed by atoms with E-state index < -0.39 is 0 Å². The van der Waals surface area contributed by atoms with E-state index in [2.05, 4.69) is 19.6 Å². The predicted molar refractivity (Wildman–Crippen MR) is 116 cm³/mol. The molecule has 0 spiro atoms. The van der Waals surface area contributed by atoms with E-state index in [-0.39, 0.29) is 29.2 Å². The van der Waals surface area contributed by atoms with Crippen molar-refractivity contribution in [2.45, 2.75) is 33.7 Å². The van der Waals surface area contributed by atoms with Gasteiger partial charge in [-0.2, -0.15) is 0 Å². The number of rotatable bonds is 9. The van der Waals surface area contributed by atoms with Gasteiger partial charge < -0.3 is 5.73 Å². The van der Waals surface area contributed by atoms with Crippen LogP contribution < -0.4 is 5.73 Å². The van der Waals surface area contributed by atoms with E-state index in [9.17, 15) is 19.2 Å². The highest BCUT2D eigenvalue weighted by atomic mass is 16.1. The van der Waals surface area contributed by atoms with Crippen molar-refractivity contribution in [3.8, 4) is 0 Å². The summed E-state index contributed by atoms with van der Waals surface area (Å²) in [6.45, 7) is 12.3. The number of carbonyl (C=O) groups is 4. The first-order valence-corrected chi connectivity index (χ1v) is 10.7. The number of hydrogen-bond donors (Lipinski definition) is 1. The van der Waals surface area contributed by atoms with E-state index in [0.717, 1.165) is 0 Å². The number of Topliss-reactive ketones (excluding diaryl/α,β-unsaturated/α-hetero) is 4. The van der Waals surface area contributed by atoms with Gasteiger partial charge in [0.25, 0.3) is 0 Å². The summed E-state index contributed by atoms with van der Waals surface area (Å²) in [6.07, 6.45) is 0. The zero-order valence-corrected chi connectivity index (χ0v) is 19.1. The Morgan fingerprint density at radius 3 is 1.40 bits per heavy atom. The topological polar surface area (TPSA) is 107 Å². The van der Waals surface area contributed by atoms with Crippen LogP contribution in [0.2, 0.25) is 0 Å². The highest BCUT2D eigenvalue weighted by molar-refractivity contribution is 5.78. The molecule has 1 unspecified atom stereocenters. The molecule has 1 rings (SSSR count). The maximum atomic E-state index is 11.9. The van der Waals surface area contributed by atoms with Crippen molar-refractivity contribution in [3.63, 3.8) is 0 Å². The summed E-state index contributed by atoms with van der Waals surface area (Å²) in [5, 5.41) is 0. The first-order valence-electron chi connectivity index (χ1n) is 10.7. The summed E-state index contributed by atoms with van der Waals surface area (Å²) in [6, 6.07) is -0.0758. The van der Waals surface area contributed by atoms with Crippen molar-refractivity contribution in [2.24, 2.45) is 5.73 Å². The highest BCUT2D eigenvalue weighted by Crippen LogP contribution is 2.07. The van der Waals surface area contributed by atoms with E-state index in [1.807, 2.05) is 0 Å². The van der Waals surface area contributed by atoms with Gasteiger partial charge in [0.1, 0.15) is 23.1 Å². The van der Waals surface area contributed by atoms with Crippen molar-refractivity contribution in [1.29, 1.82) is 0 Å². The number of hydrogen-bond acceptors (Lipinski definition) is 9. The summed E-state index contributed by atoms with van der Waals surface area (Å²) in [5.74, 6) is 0.304. The fourth-order valence-corrected chi connectivity index (χ4v) is 3.87. The molecule has 1 atom stereocenters. The number of ketones is 4. The molecule has 0 saturated carbocycles. The van der Waals surface area contributed by atoms with Gasteiger partial charge >= 0.3 is 0 Å². The summed E-state index contributed by atoms with van der Waals surface area (Å²) < 4.78 is 0. The second-order valence-corrected chi connectivity index (χ2v) is 8.46. The molecule has 172 valence electrons. The van der Waals surface area contributed by atoms with Gasteiger partial charge in [-0.1, -0.05) is 0 Å². The molecule has 0 aromatic rings. The molecule has 9 heteroatoms. The van der Waals surface area contributed by atoms with Crippen LogP contribution in [0.5, 0.6) is 0 Å². The predicted octanol–water partition coefficient (Wildman–Crippen LogP) is -1.11. The Kier molecular flexibility index (Phi) is 12.1. The molecule has 30 heavy (non-hydrogen) atoms. The molecular weight excluding hydrogens is 386 g/mol. The third kappa shape index (κ3) is 11.0. The minimum atomic E-state index is -0.0758. The van der Waals surface area contributed by atoms with E-state index in [1.165, 1.54) is 0 Å². The van der Waals surface area contributed by atoms with Crippen LogP contribution in [0.15, 0.2) is 0 Å². The van der Waals surface area contributed by atoms with Gasteiger partial charge in [-0.3, -0.25) is 38.8 Å². The van der Waals surface area contributed by atoms with Crippen LogP contribution in [0.1, 0.15) is 27.7 Å². The summed E-state index contributed by atoms with van der Waals surface area (Å²) in [5.41, 5.74) is 6.06. The summed E-state index contributed by atoms with van der Waals surface area (Å²) >= 11 is 0. The lowest BCUT2D eigenvalue weighted by molar-refractivity contribution is -0.121. The van der Waals surface area contributed by atoms with Crippen LogP contribution >= 0.6 is 0 Å². The highest BCUT2D eigenvalue weighted by Gasteiger charge is 2.24. The Labute approximate surface area is 180 Å². The van der Waals surface area contributed by atoms with Crippen molar-refractivity contribution in [2.75, 3.05) is 78.5 Å². The number of nitrogens with zero attached hydrogens (tertiary/aromatic N) is 4. The van der Waals surface area contributed by atoms with E-state index in [1.54, 1.807) is 27.7 Å². The van der Waals surface area contributed by atoms with Gasteiger partial charge in [-0.25, -0.2) is 0 Å². The average Bonchev–Trinajstić information content (AvgIpc) is 2.61. The van der Waals surface area contributed by atoms with E-state index in [0.29, 0.717) is 78.5 Å². The van der Waals surface area contributed by atoms with Crippen LogP contribution in [-0.4, -0.2) is 127 Å². The fourth-order valence-electron chi connectivity index (χ4n) is 3.87. The van der Waals surface area contributed by atoms with Gasteiger partial charge in [-0.15, -0.1) is 0 Å². The van der Waals surface area contributed by atoms with Gasteiger partial charge in [-0.05, 0) is 27.7 Å².